The quantitative estimate of drug-likeness (QED) is 0.702. The van der Waals surface area contributed by atoms with E-state index in [1.807, 2.05) is 25.2 Å². The first kappa shape index (κ1) is 14.4. The van der Waals surface area contributed by atoms with Gasteiger partial charge in [0.2, 0.25) is 0 Å². The highest BCUT2D eigenvalue weighted by atomic mass is 15.1. The summed E-state index contributed by atoms with van der Waals surface area (Å²) in [6.45, 7) is 1.67. The van der Waals surface area contributed by atoms with E-state index in [-0.39, 0.29) is 0 Å². The molecule has 0 fully saturated rings. The highest BCUT2D eigenvalue weighted by Crippen LogP contribution is 2.36. The maximum Gasteiger partial charge on any atom is 0.149 e. The normalized spacial score (nSPS) is 10.8. The Labute approximate surface area is 120 Å². The van der Waals surface area contributed by atoms with Crippen molar-refractivity contribution in [1.29, 1.82) is 0 Å². The molecule has 1 aromatic carbocycles. The van der Waals surface area contributed by atoms with Gasteiger partial charge in [0.05, 0.1) is 11.2 Å². The Kier molecular flexibility index (Phi) is 4.63. The minimum Gasteiger partial charge on any atom is -0.383 e. The molecule has 0 saturated carbocycles. The van der Waals surface area contributed by atoms with Crippen LogP contribution in [0.4, 0.5) is 17.2 Å². The monoisotopic (exact) mass is 273 g/mol. The maximum absolute atomic E-state index is 6.07. The lowest BCUT2D eigenvalue weighted by molar-refractivity contribution is 0.729. The molecule has 0 aliphatic carbocycles. The number of nitrogen functional groups attached to an aromatic ring is 1. The minimum absolute atomic E-state index is 0.534. The number of nitrogens with zero attached hydrogens (tertiary/aromatic N) is 2. The summed E-state index contributed by atoms with van der Waals surface area (Å²) in [5.74, 6) is 0.534. The van der Waals surface area contributed by atoms with Crippen LogP contribution in [0.25, 0.3) is 10.9 Å². The number of rotatable bonds is 6. The van der Waals surface area contributed by atoms with E-state index in [9.17, 15) is 0 Å². The van der Waals surface area contributed by atoms with Crippen LogP contribution in [0.15, 0.2) is 24.3 Å². The van der Waals surface area contributed by atoms with E-state index in [1.165, 1.54) is 0 Å². The number of benzene rings is 1. The van der Waals surface area contributed by atoms with Crippen molar-refractivity contribution < 1.29 is 0 Å². The van der Waals surface area contributed by atoms with Gasteiger partial charge in [0.1, 0.15) is 11.5 Å². The number of nitrogens with one attached hydrogen (secondary N) is 1. The van der Waals surface area contributed by atoms with E-state index in [1.54, 1.807) is 0 Å². The molecule has 0 bridgehead atoms. The number of aromatic nitrogens is 1. The predicted octanol–water partition coefficient (Wildman–Crippen LogP) is 2.03. The number of hydrogen-bond acceptors (Lipinski definition) is 5. The van der Waals surface area contributed by atoms with Gasteiger partial charge in [-0.2, -0.15) is 0 Å². The molecule has 0 amide bonds. The highest BCUT2D eigenvalue weighted by molar-refractivity contribution is 6.01. The fourth-order valence-corrected chi connectivity index (χ4v) is 2.46. The van der Waals surface area contributed by atoms with E-state index in [0.29, 0.717) is 5.82 Å². The summed E-state index contributed by atoms with van der Waals surface area (Å²) in [5, 5.41) is 4.29. The van der Waals surface area contributed by atoms with Gasteiger partial charge in [0.15, 0.2) is 0 Å². The number of unbranched alkanes of at least 4 members (excludes halogenated alkanes) is 1. The third-order valence-corrected chi connectivity index (χ3v) is 3.47. The molecule has 1 aromatic heterocycles. The fourth-order valence-electron chi connectivity index (χ4n) is 2.46. The third kappa shape index (κ3) is 2.77. The van der Waals surface area contributed by atoms with Crippen molar-refractivity contribution in [3.63, 3.8) is 0 Å². The molecular formula is C15H23N5. The lowest BCUT2D eigenvalue weighted by atomic mass is 10.1. The Balaban J connectivity index is 2.47. The molecule has 108 valence electrons. The van der Waals surface area contributed by atoms with Gasteiger partial charge in [-0.1, -0.05) is 18.2 Å². The minimum atomic E-state index is 0.534. The maximum atomic E-state index is 6.07. The number of nitrogens with two attached hydrogens (primary N) is 2. The molecule has 0 saturated heterocycles. The van der Waals surface area contributed by atoms with Gasteiger partial charge in [0, 0.05) is 26.0 Å². The molecule has 0 unspecified atom stereocenters. The lowest BCUT2D eigenvalue weighted by Crippen LogP contribution is -2.21. The highest BCUT2D eigenvalue weighted by Gasteiger charge is 2.15. The van der Waals surface area contributed by atoms with E-state index >= 15 is 0 Å². The van der Waals surface area contributed by atoms with Gasteiger partial charge < -0.3 is 21.7 Å². The van der Waals surface area contributed by atoms with E-state index in [0.717, 1.165) is 48.2 Å². The zero-order valence-corrected chi connectivity index (χ0v) is 12.2. The number of pyridine rings is 1. The van der Waals surface area contributed by atoms with Crippen LogP contribution in [0.3, 0.4) is 0 Å². The van der Waals surface area contributed by atoms with Crippen LogP contribution < -0.4 is 21.7 Å². The van der Waals surface area contributed by atoms with Crippen molar-refractivity contribution in [2.75, 3.05) is 43.1 Å². The third-order valence-electron chi connectivity index (χ3n) is 3.47. The van der Waals surface area contributed by atoms with Crippen molar-refractivity contribution in [3.05, 3.63) is 24.3 Å². The molecule has 5 nitrogen and oxygen atoms in total. The summed E-state index contributed by atoms with van der Waals surface area (Å²) in [5.41, 5.74) is 14.5. The van der Waals surface area contributed by atoms with Crippen molar-refractivity contribution in [3.8, 4) is 0 Å². The van der Waals surface area contributed by atoms with Crippen LogP contribution >= 0.6 is 0 Å². The second-order valence-electron chi connectivity index (χ2n) is 4.91. The van der Waals surface area contributed by atoms with Crippen molar-refractivity contribution in [2.24, 2.45) is 5.73 Å². The summed E-state index contributed by atoms with van der Waals surface area (Å²) >= 11 is 0. The number of hydrogen-bond donors (Lipinski definition) is 3. The molecule has 2 aromatic rings. The summed E-state index contributed by atoms with van der Waals surface area (Å²) in [7, 11) is 3.96. The van der Waals surface area contributed by atoms with E-state index in [2.05, 4.69) is 28.3 Å². The topological polar surface area (TPSA) is 80.2 Å². The van der Waals surface area contributed by atoms with Gasteiger partial charge in [-0.25, -0.2) is 4.98 Å². The molecule has 5 N–H and O–H groups in total. The van der Waals surface area contributed by atoms with Crippen molar-refractivity contribution in [1.82, 2.24) is 4.98 Å². The Morgan fingerprint density at radius 1 is 1.25 bits per heavy atom. The second kappa shape index (κ2) is 6.43. The first-order valence-electron chi connectivity index (χ1n) is 6.96. The molecule has 2 rings (SSSR count). The average molecular weight is 273 g/mol. The summed E-state index contributed by atoms with van der Waals surface area (Å²) < 4.78 is 0. The molecule has 20 heavy (non-hydrogen) atoms. The van der Waals surface area contributed by atoms with Crippen LogP contribution in [0.2, 0.25) is 0 Å². The van der Waals surface area contributed by atoms with Crippen LogP contribution in [0.5, 0.6) is 0 Å². The molecule has 1 heterocycles. The van der Waals surface area contributed by atoms with Gasteiger partial charge in [0.25, 0.3) is 0 Å². The zero-order chi connectivity index (χ0) is 14.5. The van der Waals surface area contributed by atoms with E-state index in [4.69, 9.17) is 11.5 Å². The van der Waals surface area contributed by atoms with Gasteiger partial charge >= 0.3 is 0 Å². The van der Waals surface area contributed by atoms with Crippen molar-refractivity contribution >= 4 is 28.1 Å². The van der Waals surface area contributed by atoms with Crippen molar-refractivity contribution in [2.45, 2.75) is 12.8 Å². The number of anilines is 3. The summed E-state index contributed by atoms with van der Waals surface area (Å²) in [4.78, 5) is 6.68. The fraction of sp³-hybridized carbons (Fsp3) is 0.400. The van der Waals surface area contributed by atoms with Crippen LogP contribution in [0, 0.1) is 0 Å². The predicted molar refractivity (Wildman–Crippen MR) is 87.3 cm³/mol. The number of para-hydroxylation sites is 1. The van der Waals surface area contributed by atoms with Crippen LogP contribution in [-0.2, 0) is 0 Å². The molecule has 5 heteroatoms. The molecular weight excluding hydrogens is 250 g/mol. The van der Waals surface area contributed by atoms with E-state index < -0.39 is 0 Å². The standard InChI is InChI=1S/C15H23N5/c1-18-13-14(20(2)10-6-5-9-16)11-7-3-4-8-12(11)19-15(13)17/h3-4,7-8,18H,5-6,9-10,16H2,1-2H3,(H2,17,19). The molecule has 0 radical (unpaired) electrons. The number of fused-ring (bicyclic) bond motifs is 1. The molecule has 0 aliphatic heterocycles. The Morgan fingerprint density at radius 3 is 2.70 bits per heavy atom. The van der Waals surface area contributed by atoms with Gasteiger partial charge in [-0.15, -0.1) is 0 Å². The smallest absolute Gasteiger partial charge is 0.149 e. The molecule has 0 aliphatic rings. The largest absolute Gasteiger partial charge is 0.383 e. The summed E-state index contributed by atoms with van der Waals surface area (Å²) in [6.07, 6.45) is 2.09. The Bertz CT molecular complexity index is 582. The first-order chi connectivity index (χ1) is 9.69. The van der Waals surface area contributed by atoms with Gasteiger partial charge in [-0.05, 0) is 25.5 Å². The van der Waals surface area contributed by atoms with Crippen LogP contribution in [0.1, 0.15) is 12.8 Å². The zero-order valence-electron chi connectivity index (χ0n) is 12.2. The summed E-state index contributed by atoms with van der Waals surface area (Å²) in [6, 6.07) is 8.07. The first-order valence-corrected chi connectivity index (χ1v) is 6.96. The average Bonchev–Trinajstić information content (AvgIpc) is 2.45. The molecule has 0 atom stereocenters. The SMILES string of the molecule is CNc1c(N)nc2ccccc2c1N(C)CCCCN. The Hall–Kier alpha value is -2.01. The lowest BCUT2D eigenvalue weighted by Gasteiger charge is -2.25. The Morgan fingerprint density at radius 2 is 2.00 bits per heavy atom. The van der Waals surface area contributed by atoms with Crippen LogP contribution in [-0.4, -0.2) is 32.2 Å². The second-order valence-corrected chi connectivity index (χ2v) is 4.91. The molecule has 0 spiro atoms. The van der Waals surface area contributed by atoms with Gasteiger partial charge in [-0.3, -0.25) is 0 Å².